The minimum Gasteiger partial charge on any atom is -0.320 e. The average molecular weight is 442 g/mol. The average Bonchev–Trinajstić information content (AvgIpc) is 3.23. The Hall–Kier alpha value is -3.26. The summed E-state index contributed by atoms with van der Waals surface area (Å²) in [6, 6.07) is 14.8. The normalized spacial score (nSPS) is 15.8. The molecule has 0 bridgehead atoms. The summed E-state index contributed by atoms with van der Waals surface area (Å²) in [6.07, 6.45) is -1.27. The number of aromatic nitrogens is 1. The second-order valence-electron chi connectivity index (χ2n) is 7.34. The van der Waals surface area contributed by atoms with Gasteiger partial charge in [-0.3, -0.25) is 0 Å². The van der Waals surface area contributed by atoms with Crippen LogP contribution in [0.2, 0.25) is 0 Å². The van der Waals surface area contributed by atoms with Crippen molar-refractivity contribution in [2.45, 2.75) is 32.0 Å². The zero-order valence-electron chi connectivity index (χ0n) is 17.9. The number of nitrogens with zero attached hydrogens (tertiary/aromatic N) is 3. The Balaban J connectivity index is 0.000000523. The van der Waals surface area contributed by atoms with E-state index in [-0.39, 0.29) is 12.2 Å². The Kier molecular flexibility index (Phi) is 7.58. The van der Waals surface area contributed by atoms with Crippen molar-refractivity contribution >= 4 is 28.6 Å². The number of halogens is 3. The number of carbonyl (C=O) groups excluding carboxylic acids is 1. The van der Waals surface area contributed by atoms with Gasteiger partial charge >= 0.3 is 6.18 Å². The second kappa shape index (κ2) is 10.4. The molecule has 0 saturated heterocycles. The maximum Gasteiger partial charge on any atom is 0.420 e. The van der Waals surface area contributed by atoms with E-state index in [0.717, 1.165) is 34.0 Å². The van der Waals surface area contributed by atoms with Crippen LogP contribution in [0.4, 0.5) is 19.0 Å². The van der Waals surface area contributed by atoms with Crippen LogP contribution >= 0.6 is 0 Å². The lowest BCUT2D eigenvalue weighted by Gasteiger charge is -2.21. The number of alkyl halides is 3. The van der Waals surface area contributed by atoms with E-state index in [2.05, 4.69) is 22.3 Å². The summed E-state index contributed by atoms with van der Waals surface area (Å²) in [5, 5.41) is 10.4. The van der Waals surface area contributed by atoms with Crippen molar-refractivity contribution in [2.24, 2.45) is 5.10 Å². The molecule has 2 aromatic carbocycles. The Bertz CT molecular complexity index is 1100. The molecule has 4 rings (SSSR count). The molecule has 2 heterocycles. The van der Waals surface area contributed by atoms with Gasteiger partial charge in [0.25, 0.3) is 0 Å². The first-order valence-electron chi connectivity index (χ1n) is 10.4. The second-order valence-corrected chi connectivity index (χ2v) is 7.34. The van der Waals surface area contributed by atoms with E-state index in [1.807, 2.05) is 49.5 Å². The fourth-order valence-electron chi connectivity index (χ4n) is 3.43. The number of aldehydes is 1. The lowest BCUT2D eigenvalue weighted by atomic mass is 10.0. The quantitative estimate of drug-likeness (QED) is 0.562. The van der Waals surface area contributed by atoms with Crippen LogP contribution < -0.4 is 10.3 Å². The predicted octanol–water partition coefficient (Wildman–Crippen LogP) is 5.05. The monoisotopic (exact) mass is 442 g/mol. The van der Waals surface area contributed by atoms with Crippen LogP contribution in [0.3, 0.4) is 0 Å². The van der Waals surface area contributed by atoms with Crippen molar-refractivity contribution < 1.29 is 18.0 Å². The summed E-state index contributed by atoms with van der Waals surface area (Å²) in [5.74, 6) is -0.363. The number of carbonyl (C=O) groups is 1. The molecule has 1 aromatic heterocycles. The summed E-state index contributed by atoms with van der Waals surface area (Å²) in [4.78, 5) is 15.4. The molecule has 8 heteroatoms. The molecule has 168 valence electrons. The van der Waals surface area contributed by atoms with Gasteiger partial charge in [0.05, 0.1) is 11.3 Å². The third-order valence-electron chi connectivity index (χ3n) is 4.99. The van der Waals surface area contributed by atoms with Crippen LogP contribution in [0, 0.1) is 0 Å². The number of hydrogen-bond acceptors (Lipinski definition) is 5. The van der Waals surface area contributed by atoms with Crippen LogP contribution in [-0.2, 0) is 11.0 Å². The molecular weight excluding hydrogens is 417 g/mol. The van der Waals surface area contributed by atoms with Crippen molar-refractivity contribution in [3.63, 3.8) is 0 Å². The molecule has 0 spiro atoms. The third-order valence-corrected chi connectivity index (χ3v) is 4.99. The highest BCUT2D eigenvalue weighted by atomic mass is 19.4. The van der Waals surface area contributed by atoms with Gasteiger partial charge in [-0.1, -0.05) is 43.3 Å². The summed E-state index contributed by atoms with van der Waals surface area (Å²) in [5.41, 5.74) is 0.407. The highest BCUT2D eigenvalue weighted by Gasteiger charge is 2.39. The summed E-state index contributed by atoms with van der Waals surface area (Å²) < 4.78 is 40.0. The van der Waals surface area contributed by atoms with Gasteiger partial charge in [0.2, 0.25) is 0 Å². The van der Waals surface area contributed by atoms with E-state index in [1.165, 1.54) is 18.7 Å². The van der Waals surface area contributed by atoms with Gasteiger partial charge in [0.1, 0.15) is 12.3 Å². The van der Waals surface area contributed by atoms with Gasteiger partial charge in [-0.15, -0.1) is 0 Å². The standard InChI is InChI=1S/C20H14F3N3O.C4H11N/c21-20(22,23)17-6-3-9-24-19(17)26-16(12-27)11-18(25-26)15-8-7-13-4-1-2-5-14(13)10-15;1-3-4-5-2/h1-10,12,16H,11H2;5H,3-4H2,1-2H3. The first kappa shape index (κ1) is 23.4. The van der Waals surface area contributed by atoms with Gasteiger partial charge in [-0.25, -0.2) is 9.99 Å². The van der Waals surface area contributed by atoms with Crippen molar-refractivity contribution in [3.05, 3.63) is 71.9 Å². The maximum atomic E-state index is 13.3. The number of rotatable bonds is 5. The van der Waals surface area contributed by atoms with E-state index in [9.17, 15) is 18.0 Å². The lowest BCUT2D eigenvalue weighted by Crippen LogP contribution is -2.30. The Labute approximate surface area is 185 Å². The van der Waals surface area contributed by atoms with Crippen LogP contribution in [0.5, 0.6) is 0 Å². The summed E-state index contributed by atoms with van der Waals surface area (Å²) in [6.45, 7) is 3.29. The number of fused-ring (bicyclic) bond motifs is 1. The van der Waals surface area contributed by atoms with E-state index < -0.39 is 17.8 Å². The van der Waals surface area contributed by atoms with Gasteiger partial charge < -0.3 is 10.1 Å². The molecule has 3 aromatic rings. The number of hydrazone groups is 1. The van der Waals surface area contributed by atoms with Crippen molar-refractivity contribution in [3.8, 4) is 0 Å². The Morgan fingerprint density at radius 2 is 1.88 bits per heavy atom. The smallest absolute Gasteiger partial charge is 0.320 e. The molecule has 1 unspecified atom stereocenters. The topological polar surface area (TPSA) is 57.6 Å². The zero-order chi connectivity index (χ0) is 23.1. The highest BCUT2D eigenvalue weighted by molar-refractivity contribution is 6.07. The van der Waals surface area contributed by atoms with E-state index in [4.69, 9.17) is 0 Å². The summed E-state index contributed by atoms with van der Waals surface area (Å²) in [7, 11) is 1.96. The molecule has 1 N–H and O–H groups in total. The van der Waals surface area contributed by atoms with Crippen LogP contribution in [-0.4, -0.2) is 36.6 Å². The first-order valence-corrected chi connectivity index (χ1v) is 10.4. The Morgan fingerprint density at radius 1 is 1.12 bits per heavy atom. The van der Waals surface area contributed by atoms with Gasteiger partial charge in [-0.2, -0.15) is 18.3 Å². The number of anilines is 1. The number of benzene rings is 2. The van der Waals surface area contributed by atoms with Crippen molar-refractivity contribution in [1.82, 2.24) is 10.3 Å². The SMILES string of the molecule is CCCNC.O=CC1CC(c2ccc3ccccc3c2)=NN1c1ncccc1C(F)(F)F. The molecule has 1 aliphatic heterocycles. The van der Waals surface area contributed by atoms with E-state index >= 15 is 0 Å². The van der Waals surface area contributed by atoms with Crippen LogP contribution in [0.15, 0.2) is 65.9 Å². The fraction of sp³-hybridized carbons (Fsp3) is 0.292. The largest absolute Gasteiger partial charge is 0.420 e. The number of pyridine rings is 1. The molecule has 1 atom stereocenters. The molecule has 0 radical (unpaired) electrons. The molecule has 5 nitrogen and oxygen atoms in total. The molecule has 0 amide bonds. The number of hydrogen-bond donors (Lipinski definition) is 1. The van der Waals surface area contributed by atoms with Gasteiger partial charge in [0.15, 0.2) is 5.82 Å². The first-order chi connectivity index (χ1) is 15.4. The minimum atomic E-state index is -4.59. The van der Waals surface area contributed by atoms with Crippen molar-refractivity contribution in [2.75, 3.05) is 18.6 Å². The van der Waals surface area contributed by atoms with Gasteiger partial charge in [0, 0.05) is 12.6 Å². The third kappa shape index (κ3) is 5.31. The van der Waals surface area contributed by atoms with Crippen LogP contribution in [0.25, 0.3) is 10.8 Å². The molecule has 0 aliphatic carbocycles. The molecule has 0 saturated carbocycles. The number of nitrogens with one attached hydrogen (secondary N) is 1. The molecule has 0 fully saturated rings. The minimum absolute atomic E-state index is 0.218. The van der Waals surface area contributed by atoms with Gasteiger partial charge in [-0.05, 0) is 54.5 Å². The molecular formula is C24H25F3N4O. The lowest BCUT2D eigenvalue weighted by molar-refractivity contribution is -0.137. The molecule has 32 heavy (non-hydrogen) atoms. The van der Waals surface area contributed by atoms with E-state index in [1.54, 1.807) is 0 Å². The molecule has 1 aliphatic rings. The van der Waals surface area contributed by atoms with E-state index in [0.29, 0.717) is 12.0 Å². The predicted molar refractivity (Wildman–Crippen MR) is 121 cm³/mol. The summed E-state index contributed by atoms with van der Waals surface area (Å²) >= 11 is 0. The van der Waals surface area contributed by atoms with Crippen LogP contribution in [0.1, 0.15) is 30.9 Å². The zero-order valence-corrected chi connectivity index (χ0v) is 17.9. The Morgan fingerprint density at radius 3 is 2.50 bits per heavy atom. The van der Waals surface area contributed by atoms with Crippen molar-refractivity contribution in [1.29, 1.82) is 0 Å². The fourth-order valence-corrected chi connectivity index (χ4v) is 3.43. The maximum absolute atomic E-state index is 13.3. The highest BCUT2D eigenvalue weighted by Crippen LogP contribution is 2.37.